The fraction of sp³-hybridized carbons (Fsp3) is 0.714. The molecule has 1 aromatic rings. The quantitative estimate of drug-likeness (QED) is 0.673. The molecule has 3 rings (SSSR count). The number of amides is 1. The van der Waals surface area contributed by atoms with Crippen LogP contribution in [0.15, 0.2) is 21.3 Å². The van der Waals surface area contributed by atoms with Crippen LogP contribution in [0.5, 0.6) is 0 Å². The Balaban J connectivity index is 1.65. The van der Waals surface area contributed by atoms with Crippen molar-refractivity contribution in [3.8, 4) is 0 Å². The molecular formula is C21H32N2O5. The summed E-state index contributed by atoms with van der Waals surface area (Å²) in [5.74, 6) is 0.818. The van der Waals surface area contributed by atoms with Crippen LogP contribution in [-0.2, 0) is 9.47 Å². The lowest BCUT2D eigenvalue weighted by atomic mass is 9.95. The predicted octanol–water partition coefficient (Wildman–Crippen LogP) is 1.93. The number of ether oxygens (including phenoxy) is 2. The molecule has 7 heteroatoms. The van der Waals surface area contributed by atoms with Gasteiger partial charge in [0, 0.05) is 45.5 Å². The second-order valence-corrected chi connectivity index (χ2v) is 7.89. The van der Waals surface area contributed by atoms with Gasteiger partial charge in [0.05, 0.1) is 12.7 Å². The zero-order chi connectivity index (χ0) is 19.9. The van der Waals surface area contributed by atoms with Crippen LogP contribution in [0.4, 0.5) is 0 Å². The molecule has 0 aliphatic carbocycles. The van der Waals surface area contributed by atoms with E-state index in [0.717, 1.165) is 58.5 Å². The van der Waals surface area contributed by atoms with Crippen molar-refractivity contribution in [3.05, 3.63) is 33.9 Å². The highest BCUT2D eigenvalue weighted by molar-refractivity contribution is 5.91. The third-order valence-electron chi connectivity index (χ3n) is 5.63. The lowest BCUT2D eigenvalue weighted by Gasteiger charge is -2.35. The molecule has 28 heavy (non-hydrogen) atoms. The number of hydrogen-bond donors (Lipinski definition) is 0. The van der Waals surface area contributed by atoms with E-state index < -0.39 is 0 Å². The summed E-state index contributed by atoms with van der Waals surface area (Å²) < 4.78 is 16.5. The molecule has 0 radical (unpaired) electrons. The van der Waals surface area contributed by atoms with Gasteiger partial charge < -0.3 is 23.7 Å². The Bertz CT molecular complexity index is 690. The molecule has 1 aromatic heterocycles. The Hall–Kier alpha value is -1.70. The summed E-state index contributed by atoms with van der Waals surface area (Å²) in [6.45, 7) is 7.43. The van der Waals surface area contributed by atoms with Gasteiger partial charge in [0.1, 0.15) is 5.76 Å². The lowest BCUT2D eigenvalue weighted by Crippen LogP contribution is -2.44. The second kappa shape index (κ2) is 10.2. The van der Waals surface area contributed by atoms with Gasteiger partial charge in [-0.1, -0.05) is 0 Å². The summed E-state index contributed by atoms with van der Waals surface area (Å²) in [5.41, 5.74) is -0.199. The van der Waals surface area contributed by atoms with E-state index in [1.54, 1.807) is 14.0 Å². The summed E-state index contributed by atoms with van der Waals surface area (Å²) in [5, 5.41) is 0. The lowest BCUT2D eigenvalue weighted by molar-refractivity contribution is 0.0412. The van der Waals surface area contributed by atoms with Crippen molar-refractivity contribution >= 4 is 5.91 Å². The van der Waals surface area contributed by atoms with Crippen molar-refractivity contribution in [2.24, 2.45) is 5.92 Å². The average Bonchev–Trinajstić information content (AvgIpc) is 3.18. The minimum absolute atomic E-state index is 0.0715. The Morgan fingerprint density at radius 2 is 2.04 bits per heavy atom. The molecule has 2 aliphatic rings. The summed E-state index contributed by atoms with van der Waals surface area (Å²) in [7, 11) is 1.73. The van der Waals surface area contributed by atoms with Gasteiger partial charge >= 0.3 is 0 Å². The van der Waals surface area contributed by atoms with Gasteiger partial charge in [-0.05, 0) is 51.6 Å². The molecule has 2 aliphatic heterocycles. The van der Waals surface area contributed by atoms with Crippen LogP contribution in [0.2, 0.25) is 0 Å². The van der Waals surface area contributed by atoms with E-state index in [1.165, 1.54) is 12.1 Å². The van der Waals surface area contributed by atoms with E-state index in [2.05, 4.69) is 4.90 Å². The third-order valence-corrected chi connectivity index (χ3v) is 5.63. The molecule has 1 atom stereocenters. The van der Waals surface area contributed by atoms with Crippen molar-refractivity contribution in [1.82, 2.24) is 9.80 Å². The van der Waals surface area contributed by atoms with Crippen molar-refractivity contribution < 1.29 is 18.7 Å². The predicted molar refractivity (Wildman–Crippen MR) is 106 cm³/mol. The van der Waals surface area contributed by atoms with Crippen LogP contribution in [0.1, 0.15) is 42.0 Å². The molecule has 2 fully saturated rings. The van der Waals surface area contributed by atoms with E-state index in [1.807, 2.05) is 4.90 Å². The normalized spacial score (nSPS) is 21.1. The van der Waals surface area contributed by atoms with Gasteiger partial charge in [-0.15, -0.1) is 0 Å². The molecule has 2 saturated heterocycles. The van der Waals surface area contributed by atoms with Gasteiger partial charge in [-0.2, -0.15) is 0 Å². The van der Waals surface area contributed by atoms with Crippen LogP contribution >= 0.6 is 0 Å². The summed E-state index contributed by atoms with van der Waals surface area (Å²) >= 11 is 0. The fourth-order valence-electron chi connectivity index (χ4n) is 4.06. The standard InChI is InChI=1S/C21H32N2O5/c1-16-12-18(24)13-20(28-16)21(25)23(15-19-4-3-10-27-19)14-17-5-7-22(8-6-17)9-11-26-2/h12-13,17,19H,3-11,14-15H2,1-2H3. The Kier molecular flexibility index (Phi) is 7.65. The maximum atomic E-state index is 13.1. The van der Waals surface area contributed by atoms with Gasteiger partial charge in [0.15, 0.2) is 11.2 Å². The first-order valence-corrected chi connectivity index (χ1v) is 10.3. The molecule has 0 aromatic carbocycles. The van der Waals surface area contributed by atoms with Crippen LogP contribution in [0.3, 0.4) is 0 Å². The molecular weight excluding hydrogens is 360 g/mol. The molecule has 3 heterocycles. The number of likely N-dealkylation sites (tertiary alicyclic amines) is 1. The van der Waals surface area contributed by atoms with Gasteiger partial charge in [-0.3, -0.25) is 9.59 Å². The first kappa shape index (κ1) is 21.0. The largest absolute Gasteiger partial charge is 0.456 e. The maximum Gasteiger partial charge on any atom is 0.289 e. The first-order valence-electron chi connectivity index (χ1n) is 10.3. The SMILES string of the molecule is COCCN1CCC(CN(CC2CCCO2)C(=O)c2cc(=O)cc(C)o2)CC1. The second-order valence-electron chi connectivity index (χ2n) is 7.89. The molecule has 0 N–H and O–H groups in total. The molecule has 1 unspecified atom stereocenters. The van der Waals surface area contributed by atoms with E-state index in [9.17, 15) is 9.59 Å². The summed E-state index contributed by atoms with van der Waals surface area (Å²) in [6.07, 6.45) is 4.18. The van der Waals surface area contributed by atoms with Crippen LogP contribution in [-0.4, -0.2) is 74.9 Å². The smallest absolute Gasteiger partial charge is 0.289 e. The molecule has 1 amide bonds. The molecule has 0 saturated carbocycles. The Labute approximate surface area is 166 Å². The number of rotatable bonds is 8. The molecule has 0 spiro atoms. The van der Waals surface area contributed by atoms with E-state index in [4.69, 9.17) is 13.9 Å². The molecule has 156 valence electrons. The van der Waals surface area contributed by atoms with Crippen LogP contribution < -0.4 is 5.43 Å². The van der Waals surface area contributed by atoms with Gasteiger partial charge in [0.25, 0.3) is 5.91 Å². The zero-order valence-electron chi connectivity index (χ0n) is 17.0. The molecule has 0 bridgehead atoms. The Morgan fingerprint density at radius 1 is 1.25 bits per heavy atom. The number of hydrogen-bond acceptors (Lipinski definition) is 6. The number of nitrogens with zero attached hydrogens (tertiary/aromatic N) is 2. The van der Waals surface area contributed by atoms with E-state index >= 15 is 0 Å². The number of aryl methyl sites for hydroxylation is 1. The maximum absolute atomic E-state index is 13.1. The zero-order valence-corrected chi connectivity index (χ0v) is 17.0. The van der Waals surface area contributed by atoms with Gasteiger partial charge in [-0.25, -0.2) is 0 Å². The van der Waals surface area contributed by atoms with Crippen molar-refractivity contribution in [2.45, 2.75) is 38.7 Å². The van der Waals surface area contributed by atoms with E-state index in [0.29, 0.717) is 24.8 Å². The summed E-state index contributed by atoms with van der Waals surface area (Å²) in [6, 6.07) is 2.70. The highest BCUT2D eigenvalue weighted by Crippen LogP contribution is 2.21. The minimum Gasteiger partial charge on any atom is -0.456 e. The van der Waals surface area contributed by atoms with Crippen molar-refractivity contribution in [2.75, 3.05) is 53.0 Å². The van der Waals surface area contributed by atoms with Crippen molar-refractivity contribution in [1.29, 1.82) is 0 Å². The minimum atomic E-state index is -0.210. The number of piperidine rings is 1. The summed E-state index contributed by atoms with van der Waals surface area (Å²) in [4.78, 5) is 29.2. The highest BCUT2D eigenvalue weighted by atomic mass is 16.5. The third kappa shape index (κ3) is 5.90. The van der Waals surface area contributed by atoms with Crippen LogP contribution in [0.25, 0.3) is 0 Å². The first-order chi connectivity index (χ1) is 13.5. The van der Waals surface area contributed by atoms with E-state index in [-0.39, 0.29) is 23.2 Å². The monoisotopic (exact) mass is 392 g/mol. The fourth-order valence-corrected chi connectivity index (χ4v) is 4.06. The average molecular weight is 392 g/mol. The number of methoxy groups -OCH3 is 1. The molecule has 7 nitrogen and oxygen atoms in total. The van der Waals surface area contributed by atoms with Gasteiger partial charge in [0.2, 0.25) is 0 Å². The number of carbonyl (C=O) groups excluding carboxylic acids is 1. The van der Waals surface area contributed by atoms with Crippen LogP contribution in [0, 0.1) is 12.8 Å². The Morgan fingerprint density at radius 3 is 2.68 bits per heavy atom. The number of carbonyl (C=O) groups is 1. The van der Waals surface area contributed by atoms with Crippen molar-refractivity contribution in [3.63, 3.8) is 0 Å². The highest BCUT2D eigenvalue weighted by Gasteiger charge is 2.29. The topological polar surface area (TPSA) is 72.2 Å².